The lowest BCUT2D eigenvalue weighted by atomic mass is 10.1. The van der Waals surface area contributed by atoms with Crippen molar-refractivity contribution >= 4 is 27.6 Å². The van der Waals surface area contributed by atoms with Crippen molar-refractivity contribution in [2.45, 2.75) is 6.92 Å². The summed E-state index contributed by atoms with van der Waals surface area (Å²) >= 11 is 0. The van der Waals surface area contributed by atoms with E-state index in [-0.39, 0.29) is 0 Å². The number of pyridine rings is 2. The molecule has 5 nitrogen and oxygen atoms in total. The molecule has 0 atom stereocenters. The van der Waals surface area contributed by atoms with E-state index in [1.807, 2.05) is 48.5 Å². The molecule has 1 aliphatic heterocycles. The van der Waals surface area contributed by atoms with Crippen LogP contribution in [-0.4, -0.2) is 22.0 Å². The standard InChI is InChI=1S/C16H15N5/c1-11-10-21(19-20(11)2)14-8-7-13-6-5-12-4-3-9-17-15(12)16(13)18-14/h3-10,19H,1-2H3. The second-order valence-corrected chi connectivity index (χ2v) is 5.18. The summed E-state index contributed by atoms with van der Waals surface area (Å²) in [6.07, 6.45) is 3.83. The number of benzene rings is 1. The zero-order chi connectivity index (χ0) is 14.4. The van der Waals surface area contributed by atoms with Crippen molar-refractivity contribution in [3.8, 4) is 0 Å². The number of hydrogen-bond donors (Lipinski definition) is 1. The minimum Gasteiger partial charge on any atom is -0.296 e. The van der Waals surface area contributed by atoms with Crippen molar-refractivity contribution in [3.05, 3.63) is 54.5 Å². The Morgan fingerprint density at radius 2 is 1.76 bits per heavy atom. The van der Waals surface area contributed by atoms with Crippen molar-refractivity contribution < 1.29 is 0 Å². The second kappa shape index (κ2) is 4.43. The lowest BCUT2D eigenvalue weighted by Crippen LogP contribution is -2.38. The normalized spacial score (nSPS) is 15.0. The van der Waals surface area contributed by atoms with Crippen LogP contribution in [0.15, 0.2) is 54.5 Å². The SMILES string of the molecule is CC1=CN(c2ccc3ccc4cccnc4c3n2)NN1C. The highest BCUT2D eigenvalue weighted by atomic mass is 15.8. The number of hydrazine groups is 2. The monoisotopic (exact) mass is 277 g/mol. The molecule has 0 fully saturated rings. The third-order valence-electron chi connectivity index (χ3n) is 3.77. The molecule has 0 saturated carbocycles. The second-order valence-electron chi connectivity index (χ2n) is 5.18. The van der Waals surface area contributed by atoms with Crippen molar-refractivity contribution in [1.82, 2.24) is 20.5 Å². The van der Waals surface area contributed by atoms with Crippen molar-refractivity contribution in [3.63, 3.8) is 0 Å². The van der Waals surface area contributed by atoms with Crippen LogP contribution in [0, 0.1) is 0 Å². The van der Waals surface area contributed by atoms with E-state index in [0.29, 0.717) is 0 Å². The van der Waals surface area contributed by atoms with Crippen LogP contribution in [0.2, 0.25) is 0 Å². The maximum absolute atomic E-state index is 4.78. The number of allylic oxidation sites excluding steroid dienone is 1. The Balaban J connectivity index is 1.91. The summed E-state index contributed by atoms with van der Waals surface area (Å²) in [4.78, 5) is 9.26. The molecule has 21 heavy (non-hydrogen) atoms. The van der Waals surface area contributed by atoms with Gasteiger partial charge in [-0.3, -0.25) is 9.99 Å². The Labute approximate surface area is 122 Å². The molecule has 2 aromatic heterocycles. The van der Waals surface area contributed by atoms with Gasteiger partial charge in [0.1, 0.15) is 5.82 Å². The van der Waals surface area contributed by atoms with E-state index in [9.17, 15) is 0 Å². The van der Waals surface area contributed by atoms with E-state index in [1.54, 1.807) is 0 Å². The van der Waals surface area contributed by atoms with Gasteiger partial charge in [0.15, 0.2) is 0 Å². The molecule has 0 unspecified atom stereocenters. The Morgan fingerprint density at radius 3 is 2.52 bits per heavy atom. The van der Waals surface area contributed by atoms with E-state index >= 15 is 0 Å². The Bertz CT molecular complexity index is 871. The summed E-state index contributed by atoms with van der Waals surface area (Å²) in [5.74, 6) is 0.851. The molecule has 0 radical (unpaired) electrons. The van der Waals surface area contributed by atoms with Crippen LogP contribution in [-0.2, 0) is 0 Å². The topological polar surface area (TPSA) is 44.3 Å². The van der Waals surface area contributed by atoms with Gasteiger partial charge in [0, 0.05) is 35.9 Å². The average Bonchev–Trinajstić information content (AvgIpc) is 2.86. The third kappa shape index (κ3) is 1.90. The highest BCUT2D eigenvalue weighted by Crippen LogP contribution is 2.25. The van der Waals surface area contributed by atoms with Gasteiger partial charge in [-0.1, -0.05) is 18.2 Å². The molecule has 4 rings (SSSR count). The van der Waals surface area contributed by atoms with Gasteiger partial charge in [-0.25, -0.2) is 9.99 Å². The number of rotatable bonds is 1. The highest BCUT2D eigenvalue weighted by molar-refractivity contribution is 6.03. The van der Waals surface area contributed by atoms with Crippen LogP contribution in [0.4, 0.5) is 5.82 Å². The number of nitrogens with zero attached hydrogens (tertiary/aromatic N) is 4. The quantitative estimate of drug-likeness (QED) is 0.693. The van der Waals surface area contributed by atoms with E-state index in [4.69, 9.17) is 4.98 Å². The smallest absolute Gasteiger partial charge is 0.149 e. The van der Waals surface area contributed by atoms with Crippen LogP contribution in [0.5, 0.6) is 0 Å². The van der Waals surface area contributed by atoms with Gasteiger partial charge in [-0.2, -0.15) is 0 Å². The van der Waals surface area contributed by atoms with Gasteiger partial charge in [-0.05, 0) is 25.1 Å². The van der Waals surface area contributed by atoms with Gasteiger partial charge in [-0.15, -0.1) is 5.53 Å². The lowest BCUT2D eigenvalue weighted by Gasteiger charge is -2.19. The van der Waals surface area contributed by atoms with Gasteiger partial charge >= 0.3 is 0 Å². The van der Waals surface area contributed by atoms with Crippen molar-refractivity contribution in [2.75, 3.05) is 12.1 Å². The Morgan fingerprint density at radius 1 is 1.00 bits per heavy atom. The van der Waals surface area contributed by atoms with Crippen LogP contribution in [0.1, 0.15) is 6.92 Å². The summed E-state index contributed by atoms with van der Waals surface area (Å²) in [6.45, 7) is 2.05. The summed E-state index contributed by atoms with van der Waals surface area (Å²) < 4.78 is 0. The number of fused-ring (bicyclic) bond motifs is 3. The van der Waals surface area contributed by atoms with Gasteiger partial charge in [0.05, 0.1) is 11.0 Å². The molecule has 1 aromatic carbocycles. The van der Waals surface area contributed by atoms with Crippen molar-refractivity contribution in [2.24, 2.45) is 0 Å². The van der Waals surface area contributed by atoms with Crippen LogP contribution >= 0.6 is 0 Å². The lowest BCUT2D eigenvalue weighted by molar-refractivity contribution is 0.332. The minimum atomic E-state index is 0.851. The predicted octanol–water partition coefficient (Wildman–Crippen LogP) is 2.82. The molecule has 0 bridgehead atoms. The maximum atomic E-state index is 4.78. The van der Waals surface area contributed by atoms with E-state index in [2.05, 4.69) is 34.8 Å². The molecular formula is C16H15N5. The molecule has 0 aliphatic carbocycles. The fourth-order valence-electron chi connectivity index (χ4n) is 2.51. The van der Waals surface area contributed by atoms with Crippen LogP contribution < -0.4 is 10.5 Å². The zero-order valence-corrected chi connectivity index (χ0v) is 11.9. The van der Waals surface area contributed by atoms with Crippen LogP contribution in [0.3, 0.4) is 0 Å². The molecular weight excluding hydrogens is 262 g/mol. The molecule has 5 heteroatoms. The fourth-order valence-corrected chi connectivity index (χ4v) is 2.51. The van der Waals surface area contributed by atoms with Crippen LogP contribution in [0.25, 0.3) is 21.8 Å². The summed E-state index contributed by atoms with van der Waals surface area (Å²) in [5.41, 5.74) is 6.22. The first kappa shape index (κ1) is 12.1. The minimum absolute atomic E-state index is 0.851. The van der Waals surface area contributed by atoms with Gasteiger partial charge in [0.2, 0.25) is 0 Å². The predicted molar refractivity (Wildman–Crippen MR) is 84.2 cm³/mol. The van der Waals surface area contributed by atoms with Gasteiger partial charge in [0.25, 0.3) is 0 Å². The Hall–Kier alpha value is -2.66. The van der Waals surface area contributed by atoms with E-state index in [1.165, 1.54) is 0 Å². The number of aromatic nitrogens is 2. The summed E-state index contributed by atoms with van der Waals surface area (Å²) in [5, 5.41) is 6.06. The number of nitrogens with one attached hydrogen (secondary N) is 1. The third-order valence-corrected chi connectivity index (χ3v) is 3.77. The molecule has 0 amide bonds. The maximum Gasteiger partial charge on any atom is 0.149 e. The number of hydrogen-bond acceptors (Lipinski definition) is 5. The summed E-state index contributed by atoms with van der Waals surface area (Å²) in [7, 11) is 1.98. The number of anilines is 1. The van der Waals surface area contributed by atoms with Crippen molar-refractivity contribution in [1.29, 1.82) is 0 Å². The Kier molecular flexibility index (Phi) is 2.55. The zero-order valence-electron chi connectivity index (χ0n) is 11.9. The fraction of sp³-hybridized carbons (Fsp3) is 0.125. The first-order valence-corrected chi connectivity index (χ1v) is 6.84. The average molecular weight is 277 g/mol. The molecule has 1 N–H and O–H groups in total. The van der Waals surface area contributed by atoms with E-state index < -0.39 is 0 Å². The molecule has 0 saturated heterocycles. The first-order valence-electron chi connectivity index (χ1n) is 6.84. The molecule has 0 spiro atoms. The molecule has 3 aromatic rings. The molecule has 1 aliphatic rings. The van der Waals surface area contributed by atoms with Gasteiger partial charge < -0.3 is 0 Å². The molecule has 3 heterocycles. The summed E-state index contributed by atoms with van der Waals surface area (Å²) in [6, 6.07) is 12.3. The first-order chi connectivity index (χ1) is 10.2. The molecule has 104 valence electrons. The van der Waals surface area contributed by atoms with E-state index in [0.717, 1.165) is 33.3 Å². The largest absolute Gasteiger partial charge is 0.296 e. The highest BCUT2D eigenvalue weighted by Gasteiger charge is 2.16.